The van der Waals surface area contributed by atoms with Gasteiger partial charge in [-0.15, -0.1) is 11.3 Å². The van der Waals surface area contributed by atoms with Crippen LogP contribution in [0.25, 0.3) is 10.9 Å². The maximum Gasteiger partial charge on any atom is 0.261 e. The number of carbonyl (C=O) groups excluding carboxylic acids is 1. The Kier molecular flexibility index (Phi) is 4.98. The van der Waals surface area contributed by atoms with Crippen LogP contribution in [-0.4, -0.2) is 22.0 Å². The largest absolute Gasteiger partial charge is 0.352 e. The second-order valence-electron chi connectivity index (χ2n) is 5.27. The van der Waals surface area contributed by atoms with Gasteiger partial charge in [-0.2, -0.15) is 0 Å². The Hall–Kier alpha value is -1.77. The lowest BCUT2D eigenvalue weighted by Crippen LogP contribution is -2.26. The van der Waals surface area contributed by atoms with Crippen LogP contribution in [0.1, 0.15) is 15.2 Å². The summed E-state index contributed by atoms with van der Waals surface area (Å²) in [6.07, 6.45) is 0.776. The maximum atomic E-state index is 12.3. The van der Waals surface area contributed by atoms with Crippen LogP contribution in [0.2, 0.25) is 0 Å². The third-order valence-corrected chi connectivity index (χ3v) is 5.71. The van der Waals surface area contributed by atoms with Gasteiger partial charge in [0.2, 0.25) is 0 Å². The number of carbonyl (C=O) groups is 1. The van der Waals surface area contributed by atoms with E-state index in [1.807, 2.05) is 12.1 Å². The summed E-state index contributed by atoms with van der Waals surface area (Å²) < 4.78 is 2.78. The van der Waals surface area contributed by atoms with Crippen LogP contribution in [0.4, 0.5) is 0 Å². The van der Waals surface area contributed by atoms with E-state index in [1.165, 1.54) is 9.44 Å². The molecule has 0 radical (unpaired) electrons. The molecular formula is C16H14BrN3O2S2. The van der Waals surface area contributed by atoms with Crippen LogP contribution in [0, 0.1) is 4.77 Å². The Morgan fingerprint density at radius 3 is 2.88 bits per heavy atom. The molecule has 0 spiro atoms. The lowest BCUT2D eigenvalue weighted by Gasteiger charge is -2.07. The zero-order valence-corrected chi connectivity index (χ0v) is 16.0. The average Bonchev–Trinajstić information content (AvgIpc) is 2.97. The van der Waals surface area contributed by atoms with Crippen LogP contribution in [0.15, 0.2) is 38.9 Å². The quantitative estimate of drug-likeness (QED) is 0.631. The second-order valence-corrected chi connectivity index (χ2v) is 8.20. The van der Waals surface area contributed by atoms with E-state index in [1.54, 1.807) is 36.6 Å². The molecular weight excluding hydrogens is 410 g/mol. The summed E-state index contributed by atoms with van der Waals surface area (Å²) in [6, 6.07) is 8.98. The lowest BCUT2D eigenvalue weighted by atomic mass is 10.1. The number of thiophene rings is 1. The molecule has 2 aromatic heterocycles. The molecule has 5 nitrogen and oxygen atoms in total. The molecule has 3 rings (SSSR count). The van der Waals surface area contributed by atoms with Crippen molar-refractivity contribution in [2.75, 3.05) is 6.54 Å². The van der Waals surface area contributed by atoms with Gasteiger partial charge in [-0.1, -0.05) is 0 Å². The maximum absolute atomic E-state index is 12.3. The molecule has 0 aliphatic heterocycles. The summed E-state index contributed by atoms with van der Waals surface area (Å²) >= 11 is 10.2. The number of halogens is 1. The number of nitrogens with zero attached hydrogens (tertiary/aromatic N) is 1. The molecule has 0 aliphatic carbocycles. The summed E-state index contributed by atoms with van der Waals surface area (Å²) in [7, 11) is 1.62. The predicted molar refractivity (Wildman–Crippen MR) is 102 cm³/mol. The Labute approximate surface area is 155 Å². The standard InChI is InChI=1S/C16H14BrN3O2S2/c1-20-15(22)11-4-2-9(8-12(11)19-16(20)23)14(21)18-7-6-10-3-5-13(17)24-10/h2-5,8H,6-7H2,1H3,(H,18,21)(H,19,23). The van der Waals surface area contributed by atoms with Crippen molar-refractivity contribution in [3.8, 4) is 0 Å². The number of aromatic nitrogens is 2. The van der Waals surface area contributed by atoms with Crippen LogP contribution in [0.3, 0.4) is 0 Å². The zero-order chi connectivity index (χ0) is 17.3. The molecule has 124 valence electrons. The van der Waals surface area contributed by atoms with Crippen molar-refractivity contribution in [2.45, 2.75) is 6.42 Å². The highest BCUT2D eigenvalue weighted by atomic mass is 79.9. The average molecular weight is 424 g/mol. The van der Waals surface area contributed by atoms with Gasteiger partial charge in [-0.3, -0.25) is 14.2 Å². The van der Waals surface area contributed by atoms with E-state index in [2.05, 4.69) is 26.2 Å². The number of rotatable bonds is 4. The van der Waals surface area contributed by atoms with Gasteiger partial charge in [0.15, 0.2) is 4.77 Å². The van der Waals surface area contributed by atoms with Crippen molar-refractivity contribution in [2.24, 2.45) is 7.05 Å². The highest BCUT2D eigenvalue weighted by Crippen LogP contribution is 2.22. The van der Waals surface area contributed by atoms with Gasteiger partial charge in [0, 0.05) is 24.0 Å². The molecule has 0 fully saturated rings. The lowest BCUT2D eigenvalue weighted by molar-refractivity contribution is 0.0954. The summed E-state index contributed by atoms with van der Waals surface area (Å²) in [5.74, 6) is -0.174. The summed E-state index contributed by atoms with van der Waals surface area (Å²) in [5, 5.41) is 3.40. The van der Waals surface area contributed by atoms with Crippen molar-refractivity contribution < 1.29 is 4.79 Å². The third kappa shape index (κ3) is 3.50. The van der Waals surface area contributed by atoms with Gasteiger partial charge in [-0.05, 0) is 64.9 Å². The number of fused-ring (bicyclic) bond motifs is 1. The van der Waals surface area contributed by atoms with Gasteiger partial charge in [0.1, 0.15) is 0 Å². The van der Waals surface area contributed by atoms with E-state index >= 15 is 0 Å². The molecule has 2 heterocycles. The van der Waals surface area contributed by atoms with Crippen LogP contribution in [0.5, 0.6) is 0 Å². The number of H-pyrrole nitrogens is 1. The Balaban J connectivity index is 1.76. The number of benzene rings is 1. The first kappa shape index (κ1) is 17.1. The minimum atomic E-state index is -0.177. The fourth-order valence-corrected chi connectivity index (χ4v) is 4.01. The Morgan fingerprint density at radius 2 is 2.17 bits per heavy atom. The molecule has 0 saturated heterocycles. The summed E-state index contributed by atoms with van der Waals surface area (Å²) in [6.45, 7) is 0.552. The minimum absolute atomic E-state index is 0.174. The molecule has 1 aromatic carbocycles. The Morgan fingerprint density at radius 1 is 1.38 bits per heavy atom. The molecule has 0 saturated carbocycles. The Bertz CT molecular complexity index is 1040. The van der Waals surface area contributed by atoms with Crippen LogP contribution in [-0.2, 0) is 13.5 Å². The van der Waals surface area contributed by atoms with Crippen molar-refractivity contribution >= 4 is 56.3 Å². The smallest absolute Gasteiger partial charge is 0.261 e. The van der Waals surface area contributed by atoms with Gasteiger partial charge >= 0.3 is 0 Å². The number of hydrogen-bond donors (Lipinski definition) is 2. The van der Waals surface area contributed by atoms with E-state index in [0.717, 1.165) is 10.2 Å². The number of hydrogen-bond acceptors (Lipinski definition) is 4. The molecule has 1 amide bonds. The summed E-state index contributed by atoms with van der Waals surface area (Å²) in [5.41, 5.74) is 0.885. The van der Waals surface area contributed by atoms with Gasteiger partial charge in [-0.25, -0.2) is 0 Å². The number of amides is 1. The minimum Gasteiger partial charge on any atom is -0.352 e. The molecule has 3 aromatic rings. The van der Waals surface area contributed by atoms with E-state index in [4.69, 9.17) is 12.2 Å². The van der Waals surface area contributed by atoms with E-state index in [0.29, 0.717) is 27.8 Å². The first-order chi connectivity index (χ1) is 11.5. The summed E-state index contributed by atoms with van der Waals surface area (Å²) in [4.78, 5) is 28.6. The highest BCUT2D eigenvalue weighted by Gasteiger charge is 2.09. The first-order valence-electron chi connectivity index (χ1n) is 7.21. The third-order valence-electron chi connectivity index (χ3n) is 3.65. The SMILES string of the molecule is Cn1c(=S)[nH]c2cc(C(=O)NCCc3ccc(Br)s3)ccc2c1=O. The van der Waals surface area contributed by atoms with E-state index in [9.17, 15) is 9.59 Å². The zero-order valence-electron chi connectivity index (χ0n) is 12.8. The van der Waals surface area contributed by atoms with Crippen LogP contribution < -0.4 is 10.9 Å². The van der Waals surface area contributed by atoms with E-state index in [-0.39, 0.29) is 11.5 Å². The normalized spacial score (nSPS) is 10.9. The monoisotopic (exact) mass is 423 g/mol. The molecule has 8 heteroatoms. The molecule has 0 unspecified atom stereocenters. The number of nitrogens with one attached hydrogen (secondary N) is 2. The van der Waals surface area contributed by atoms with Crippen molar-refractivity contribution in [3.05, 3.63) is 59.7 Å². The fourth-order valence-electron chi connectivity index (χ4n) is 2.33. The highest BCUT2D eigenvalue weighted by molar-refractivity contribution is 9.11. The van der Waals surface area contributed by atoms with E-state index < -0.39 is 0 Å². The molecule has 0 bridgehead atoms. The molecule has 0 aliphatic rings. The molecule has 2 N–H and O–H groups in total. The first-order valence-corrected chi connectivity index (χ1v) is 9.23. The predicted octanol–water partition coefficient (Wildman–Crippen LogP) is 3.39. The van der Waals surface area contributed by atoms with Crippen molar-refractivity contribution in [3.63, 3.8) is 0 Å². The van der Waals surface area contributed by atoms with Gasteiger partial charge in [0.25, 0.3) is 11.5 Å². The van der Waals surface area contributed by atoms with Gasteiger partial charge in [0.05, 0.1) is 14.7 Å². The topological polar surface area (TPSA) is 66.9 Å². The number of aromatic amines is 1. The van der Waals surface area contributed by atoms with Crippen LogP contribution >= 0.6 is 39.5 Å². The fraction of sp³-hybridized carbons (Fsp3) is 0.188. The molecule has 0 atom stereocenters. The van der Waals surface area contributed by atoms with Gasteiger partial charge < -0.3 is 10.3 Å². The second kappa shape index (κ2) is 7.00. The van der Waals surface area contributed by atoms with Crippen molar-refractivity contribution in [1.82, 2.24) is 14.9 Å². The molecule has 24 heavy (non-hydrogen) atoms. The van der Waals surface area contributed by atoms with Crippen molar-refractivity contribution in [1.29, 1.82) is 0 Å².